The number of benzene rings is 1. The lowest BCUT2D eigenvalue weighted by molar-refractivity contribution is -0.143. The van der Waals surface area contributed by atoms with Gasteiger partial charge in [-0.3, -0.25) is 4.79 Å². The van der Waals surface area contributed by atoms with Crippen LogP contribution in [0.1, 0.15) is 30.0 Å². The zero-order chi connectivity index (χ0) is 13.5. The van der Waals surface area contributed by atoms with Gasteiger partial charge < -0.3 is 9.64 Å². The third-order valence-electron chi connectivity index (χ3n) is 3.03. The molecule has 0 aromatic heterocycles. The molecule has 0 radical (unpaired) electrons. The Morgan fingerprint density at radius 3 is 2.61 bits per heavy atom. The maximum absolute atomic E-state index is 11.2. The van der Waals surface area contributed by atoms with E-state index in [-0.39, 0.29) is 5.97 Å². The summed E-state index contributed by atoms with van der Waals surface area (Å²) in [5.41, 5.74) is 3.91. The highest BCUT2D eigenvalue weighted by Gasteiger charge is 2.06. The monoisotopic (exact) mass is 249 g/mol. The van der Waals surface area contributed by atoms with Gasteiger partial charge in [-0.15, -0.1) is 0 Å². The van der Waals surface area contributed by atoms with Crippen molar-refractivity contribution >= 4 is 5.97 Å². The second-order valence-electron chi connectivity index (χ2n) is 4.71. The molecule has 0 aliphatic rings. The maximum atomic E-state index is 11.2. The van der Waals surface area contributed by atoms with Crippen molar-refractivity contribution in [3.05, 3.63) is 34.9 Å². The average molecular weight is 249 g/mol. The normalized spacial score (nSPS) is 10.7. The Morgan fingerprint density at radius 1 is 1.28 bits per heavy atom. The molecule has 1 rings (SSSR count). The van der Waals surface area contributed by atoms with E-state index < -0.39 is 0 Å². The molecule has 1 aromatic carbocycles. The summed E-state index contributed by atoms with van der Waals surface area (Å²) < 4.78 is 4.91. The van der Waals surface area contributed by atoms with Gasteiger partial charge in [-0.1, -0.05) is 18.2 Å². The van der Waals surface area contributed by atoms with Gasteiger partial charge in [-0.05, 0) is 44.5 Å². The van der Waals surface area contributed by atoms with Crippen molar-refractivity contribution in [2.45, 2.75) is 33.7 Å². The number of nitrogens with zero attached hydrogens (tertiary/aromatic N) is 1. The van der Waals surface area contributed by atoms with Crippen molar-refractivity contribution in [2.75, 3.05) is 20.2 Å². The molecule has 0 aliphatic carbocycles. The fraction of sp³-hybridized carbons (Fsp3) is 0.533. The molecule has 0 atom stereocenters. The van der Waals surface area contributed by atoms with E-state index in [1.54, 1.807) is 0 Å². The summed E-state index contributed by atoms with van der Waals surface area (Å²) in [6, 6.07) is 6.49. The second-order valence-corrected chi connectivity index (χ2v) is 4.71. The number of carbonyl (C=O) groups is 1. The zero-order valence-corrected chi connectivity index (χ0v) is 11.8. The summed E-state index contributed by atoms with van der Waals surface area (Å²) in [6.45, 7) is 8.11. The van der Waals surface area contributed by atoms with Crippen LogP contribution in [-0.2, 0) is 16.1 Å². The molecular weight excluding hydrogens is 226 g/mol. The maximum Gasteiger partial charge on any atom is 0.307 e. The van der Waals surface area contributed by atoms with Crippen molar-refractivity contribution in [3.8, 4) is 0 Å². The summed E-state index contributed by atoms with van der Waals surface area (Å²) >= 11 is 0. The lowest BCUT2D eigenvalue weighted by atomic mass is 10.1. The van der Waals surface area contributed by atoms with Crippen LogP contribution >= 0.6 is 0 Å². The van der Waals surface area contributed by atoms with Crippen LogP contribution in [0, 0.1) is 13.8 Å². The first kappa shape index (κ1) is 14.7. The van der Waals surface area contributed by atoms with E-state index in [4.69, 9.17) is 4.74 Å². The van der Waals surface area contributed by atoms with Crippen LogP contribution in [0.25, 0.3) is 0 Å². The number of carbonyl (C=O) groups excluding carboxylic acids is 1. The van der Waals surface area contributed by atoms with Crippen LogP contribution in [0.5, 0.6) is 0 Å². The third kappa shape index (κ3) is 4.88. The van der Waals surface area contributed by atoms with Crippen molar-refractivity contribution in [3.63, 3.8) is 0 Å². The van der Waals surface area contributed by atoms with E-state index in [9.17, 15) is 4.79 Å². The summed E-state index contributed by atoms with van der Waals surface area (Å²) in [4.78, 5) is 13.4. The number of hydrogen-bond acceptors (Lipinski definition) is 3. The summed E-state index contributed by atoms with van der Waals surface area (Å²) in [7, 11) is 2.02. The Hall–Kier alpha value is -1.35. The number of hydrogen-bond donors (Lipinski definition) is 0. The van der Waals surface area contributed by atoms with Gasteiger partial charge in [-0.2, -0.15) is 0 Å². The van der Waals surface area contributed by atoms with Crippen LogP contribution in [0.2, 0.25) is 0 Å². The van der Waals surface area contributed by atoms with Crippen LogP contribution in [0.3, 0.4) is 0 Å². The molecule has 0 fully saturated rings. The Morgan fingerprint density at radius 2 is 2.00 bits per heavy atom. The highest BCUT2D eigenvalue weighted by molar-refractivity contribution is 5.69. The number of rotatable bonds is 6. The Bertz CT molecular complexity index is 401. The molecule has 0 amide bonds. The Kier molecular flexibility index (Phi) is 5.86. The molecule has 18 heavy (non-hydrogen) atoms. The minimum atomic E-state index is -0.121. The number of aryl methyl sites for hydroxylation is 2. The minimum absolute atomic E-state index is 0.121. The molecule has 0 unspecified atom stereocenters. The van der Waals surface area contributed by atoms with Gasteiger partial charge in [0.15, 0.2) is 0 Å². The molecule has 0 saturated heterocycles. The van der Waals surface area contributed by atoms with E-state index in [1.807, 2.05) is 14.0 Å². The second kappa shape index (κ2) is 7.17. The van der Waals surface area contributed by atoms with Crippen molar-refractivity contribution in [1.82, 2.24) is 4.90 Å². The first-order valence-electron chi connectivity index (χ1n) is 6.43. The van der Waals surface area contributed by atoms with Crippen LogP contribution < -0.4 is 0 Å². The van der Waals surface area contributed by atoms with Gasteiger partial charge >= 0.3 is 5.97 Å². The first-order valence-corrected chi connectivity index (χ1v) is 6.43. The van der Waals surface area contributed by atoms with Crippen molar-refractivity contribution in [1.29, 1.82) is 0 Å². The van der Waals surface area contributed by atoms with Gasteiger partial charge in [0, 0.05) is 13.1 Å². The molecule has 0 N–H and O–H groups in total. The molecule has 0 heterocycles. The molecular formula is C15H23NO2. The fourth-order valence-electron chi connectivity index (χ4n) is 1.81. The smallest absolute Gasteiger partial charge is 0.307 e. The van der Waals surface area contributed by atoms with E-state index in [2.05, 4.69) is 36.9 Å². The predicted octanol–water partition coefficient (Wildman–Crippen LogP) is 2.69. The largest absolute Gasteiger partial charge is 0.466 e. The summed E-state index contributed by atoms with van der Waals surface area (Å²) in [5, 5.41) is 0. The van der Waals surface area contributed by atoms with E-state index in [0.29, 0.717) is 13.0 Å². The van der Waals surface area contributed by atoms with E-state index in [0.717, 1.165) is 13.1 Å². The fourth-order valence-corrected chi connectivity index (χ4v) is 1.81. The standard InChI is InChI=1S/C15H23NO2/c1-5-18-15(17)8-9-16(4)11-14-7-6-12(2)13(3)10-14/h6-7,10H,5,8-9,11H2,1-4H3. The minimum Gasteiger partial charge on any atom is -0.466 e. The zero-order valence-electron chi connectivity index (χ0n) is 11.8. The van der Waals surface area contributed by atoms with E-state index >= 15 is 0 Å². The number of ether oxygens (including phenoxy) is 1. The Balaban J connectivity index is 2.42. The van der Waals surface area contributed by atoms with Crippen LogP contribution in [-0.4, -0.2) is 31.1 Å². The lowest BCUT2D eigenvalue weighted by Gasteiger charge is -2.16. The predicted molar refractivity (Wildman–Crippen MR) is 73.5 cm³/mol. The van der Waals surface area contributed by atoms with Crippen molar-refractivity contribution in [2.24, 2.45) is 0 Å². The van der Waals surface area contributed by atoms with Gasteiger partial charge in [0.25, 0.3) is 0 Å². The molecule has 0 saturated carbocycles. The van der Waals surface area contributed by atoms with Crippen molar-refractivity contribution < 1.29 is 9.53 Å². The Labute approximate surface area is 110 Å². The molecule has 0 bridgehead atoms. The molecule has 3 nitrogen and oxygen atoms in total. The van der Waals surface area contributed by atoms with Gasteiger partial charge in [0.1, 0.15) is 0 Å². The quantitative estimate of drug-likeness (QED) is 0.726. The summed E-state index contributed by atoms with van der Waals surface area (Å²) in [5.74, 6) is -0.121. The van der Waals surface area contributed by atoms with Crippen LogP contribution in [0.4, 0.5) is 0 Å². The molecule has 1 aromatic rings. The highest BCUT2D eigenvalue weighted by atomic mass is 16.5. The molecule has 3 heteroatoms. The third-order valence-corrected chi connectivity index (χ3v) is 3.03. The van der Waals surface area contributed by atoms with E-state index in [1.165, 1.54) is 16.7 Å². The molecule has 100 valence electrons. The average Bonchev–Trinajstić information content (AvgIpc) is 2.32. The van der Waals surface area contributed by atoms with Gasteiger partial charge in [0.2, 0.25) is 0 Å². The number of esters is 1. The van der Waals surface area contributed by atoms with Gasteiger partial charge in [0.05, 0.1) is 13.0 Å². The molecule has 0 aliphatic heterocycles. The lowest BCUT2D eigenvalue weighted by Crippen LogP contribution is -2.22. The summed E-state index contributed by atoms with van der Waals surface area (Å²) in [6.07, 6.45) is 0.454. The first-order chi connectivity index (χ1) is 8.52. The van der Waals surface area contributed by atoms with Crippen LogP contribution in [0.15, 0.2) is 18.2 Å². The highest BCUT2D eigenvalue weighted by Crippen LogP contribution is 2.11. The molecule has 0 spiro atoms. The SMILES string of the molecule is CCOC(=O)CCN(C)Cc1ccc(C)c(C)c1. The van der Waals surface area contributed by atoms with Gasteiger partial charge in [-0.25, -0.2) is 0 Å². The topological polar surface area (TPSA) is 29.5 Å².